The average Bonchev–Trinajstić information content (AvgIpc) is 2.61. The molecule has 0 atom stereocenters. The van der Waals surface area contributed by atoms with Crippen molar-refractivity contribution in [2.75, 3.05) is 32.6 Å². The van der Waals surface area contributed by atoms with Crippen molar-refractivity contribution in [3.05, 3.63) is 52.0 Å². The fourth-order valence-corrected chi connectivity index (χ4v) is 2.55. The molecule has 0 aliphatic carbocycles. The van der Waals surface area contributed by atoms with E-state index in [0.29, 0.717) is 33.8 Å². The lowest BCUT2D eigenvalue weighted by Gasteiger charge is -2.10. The molecular formula is C18H20Cl2N2O3. The number of carbonyl (C=O) groups excluding carboxylic acids is 1. The highest BCUT2D eigenvalue weighted by Gasteiger charge is 2.06. The molecule has 0 aliphatic rings. The first-order valence-electron chi connectivity index (χ1n) is 7.70. The number of nitrogens with one attached hydrogen (secondary N) is 2. The SMILES string of the molecule is COc1ccc(CCNCC(=O)Nc2ccc(Cl)c(Cl)c2)cc1OC. The van der Waals surface area contributed by atoms with Gasteiger partial charge in [-0.15, -0.1) is 0 Å². The van der Waals surface area contributed by atoms with Crippen molar-refractivity contribution in [3.8, 4) is 11.5 Å². The first kappa shape index (κ1) is 19.4. The third-order valence-corrected chi connectivity index (χ3v) is 4.27. The lowest BCUT2D eigenvalue weighted by molar-refractivity contribution is -0.115. The average molecular weight is 383 g/mol. The van der Waals surface area contributed by atoms with Crippen LogP contribution >= 0.6 is 23.2 Å². The highest BCUT2D eigenvalue weighted by atomic mass is 35.5. The Morgan fingerprint density at radius 3 is 2.44 bits per heavy atom. The van der Waals surface area contributed by atoms with E-state index in [4.69, 9.17) is 32.7 Å². The van der Waals surface area contributed by atoms with Gasteiger partial charge in [0.15, 0.2) is 11.5 Å². The van der Waals surface area contributed by atoms with Crippen LogP contribution in [0.3, 0.4) is 0 Å². The second-order valence-corrected chi connectivity index (χ2v) is 6.11. The molecule has 0 aliphatic heterocycles. The van der Waals surface area contributed by atoms with Crippen molar-refractivity contribution in [1.29, 1.82) is 0 Å². The van der Waals surface area contributed by atoms with Gasteiger partial charge >= 0.3 is 0 Å². The van der Waals surface area contributed by atoms with Gasteiger partial charge in [0.25, 0.3) is 0 Å². The van der Waals surface area contributed by atoms with E-state index in [1.807, 2.05) is 18.2 Å². The molecule has 134 valence electrons. The minimum absolute atomic E-state index is 0.147. The van der Waals surface area contributed by atoms with Crippen LogP contribution in [-0.2, 0) is 11.2 Å². The largest absolute Gasteiger partial charge is 0.493 e. The van der Waals surface area contributed by atoms with Crippen LogP contribution in [0, 0.1) is 0 Å². The minimum atomic E-state index is -0.147. The molecule has 7 heteroatoms. The second-order valence-electron chi connectivity index (χ2n) is 5.29. The van der Waals surface area contributed by atoms with Crippen LogP contribution in [0.25, 0.3) is 0 Å². The molecule has 0 heterocycles. The Bertz CT molecular complexity index is 738. The van der Waals surface area contributed by atoms with Crippen LogP contribution in [-0.4, -0.2) is 33.2 Å². The van der Waals surface area contributed by atoms with E-state index >= 15 is 0 Å². The van der Waals surface area contributed by atoms with Crippen molar-refractivity contribution >= 4 is 34.8 Å². The van der Waals surface area contributed by atoms with Gasteiger partial charge in [-0.1, -0.05) is 29.3 Å². The minimum Gasteiger partial charge on any atom is -0.493 e. The molecular weight excluding hydrogens is 363 g/mol. The standard InChI is InChI=1S/C18H20Cl2N2O3/c1-24-16-6-3-12(9-17(16)25-2)7-8-21-11-18(23)22-13-4-5-14(19)15(20)10-13/h3-6,9-10,21H,7-8,11H2,1-2H3,(H,22,23). The van der Waals surface area contributed by atoms with Crippen molar-refractivity contribution in [2.24, 2.45) is 0 Å². The second kappa shape index (κ2) is 9.51. The number of rotatable bonds is 8. The van der Waals surface area contributed by atoms with Crippen molar-refractivity contribution in [2.45, 2.75) is 6.42 Å². The molecule has 0 saturated carbocycles. The Hall–Kier alpha value is -1.95. The smallest absolute Gasteiger partial charge is 0.238 e. The monoisotopic (exact) mass is 382 g/mol. The van der Waals surface area contributed by atoms with Crippen LogP contribution in [0.2, 0.25) is 10.0 Å². The Labute approximate surface area is 157 Å². The van der Waals surface area contributed by atoms with E-state index in [1.54, 1.807) is 32.4 Å². The summed E-state index contributed by atoms with van der Waals surface area (Å²) < 4.78 is 10.5. The van der Waals surface area contributed by atoms with Gasteiger partial charge in [-0.2, -0.15) is 0 Å². The van der Waals surface area contributed by atoms with E-state index in [1.165, 1.54) is 0 Å². The van der Waals surface area contributed by atoms with Crippen LogP contribution < -0.4 is 20.1 Å². The van der Waals surface area contributed by atoms with Gasteiger partial charge in [0.05, 0.1) is 30.8 Å². The first-order valence-corrected chi connectivity index (χ1v) is 8.45. The number of methoxy groups -OCH3 is 2. The zero-order valence-electron chi connectivity index (χ0n) is 14.1. The van der Waals surface area contributed by atoms with Gasteiger partial charge < -0.3 is 20.1 Å². The van der Waals surface area contributed by atoms with E-state index in [-0.39, 0.29) is 12.5 Å². The summed E-state index contributed by atoms with van der Waals surface area (Å²) in [5, 5.41) is 6.72. The molecule has 0 aromatic heterocycles. The number of hydrogen-bond donors (Lipinski definition) is 2. The Morgan fingerprint density at radius 2 is 1.76 bits per heavy atom. The predicted molar refractivity (Wildman–Crippen MR) is 101 cm³/mol. The molecule has 1 amide bonds. The lowest BCUT2D eigenvalue weighted by atomic mass is 10.1. The summed E-state index contributed by atoms with van der Waals surface area (Å²) in [4.78, 5) is 11.9. The molecule has 0 fully saturated rings. The Balaban J connectivity index is 1.77. The topological polar surface area (TPSA) is 59.6 Å². The third kappa shape index (κ3) is 5.81. The number of anilines is 1. The number of ether oxygens (including phenoxy) is 2. The summed E-state index contributed by atoms with van der Waals surface area (Å²) in [6.07, 6.45) is 0.764. The third-order valence-electron chi connectivity index (χ3n) is 3.53. The maximum absolute atomic E-state index is 11.9. The first-order chi connectivity index (χ1) is 12.0. The number of halogens is 2. The molecule has 0 radical (unpaired) electrons. The van der Waals surface area contributed by atoms with Gasteiger partial charge in [0.1, 0.15) is 0 Å². The van der Waals surface area contributed by atoms with Gasteiger partial charge in [-0.25, -0.2) is 0 Å². The zero-order chi connectivity index (χ0) is 18.2. The summed E-state index contributed by atoms with van der Waals surface area (Å²) in [6.45, 7) is 0.859. The number of amides is 1. The Kier molecular flexibility index (Phi) is 7.37. The van der Waals surface area contributed by atoms with Crippen LogP contribution in [0.5, 0.6) is 11.5 Å². The van der Waals surface area contributed by atoms with E-state index in [0.717, 1.165) is 12.0 Å². The zero-order valence-corrected chi connectivity index (χ0v) is 15.6. The predicted octanol–water partition coefficient (Wildman–Crippen LogP) is 3.78. The molecule has 2 aromatic carbocycles. The van der Waals surface area contributed by atoms with Crippen molar-refractivity contribution in [1.82, 2.24) is 5.32 Å². The molecule has 0 bridgehead atoms. The summed E-state index contributed by atoms with van der Waals surface area (Å²) in [5.74, 6) is 1.24. The maximum Gasteiger partial charge on any atom is 0.238 e. The number of benzene rings is 2. The number of hydrogen-bond acceptors (Lipinski definition) is 4. The number of carbonyl (C=O) groups is 1. The van der Waals surface area contributed by atoms with Crippen LogP contribution in [0.15, 0.2) is 36.4 Å². The molecule has 5 nitrogen and oxygen atoms in total. The van der Waals surface area contributed by atoms with Crippen molar-refractivity contribution < 1.29 is 14.3 Å². The van der Waals surface area contributed by atoms with Gasteiger partial charge in [0.2, 0.25) is 5.91 Å². The lowest BCUT2D eigenvalue weighted by Crippen LogP contribution is -2.29. The summed E-state index contributed by atoms with van der Waals surface area (Å²) in [5.41, 5.74) is 1.70. The highest BCUT2D eigenvalue weighted by Crippen LogP contribution is 2.27. The fraction of sp³-hybridized carbons (Fsp3) is 0.278. The molecule has 25 heavy (non-hydrogen) atoms. The van der Waals surface area contributed by atoms with Crippen LogP contribution in [0.1, 0.15) is 5.56 Å². The summed E-state index contributed by atoms with van der Waals surface area (Å²) in [7, 11) is 3.21. The normalized spacial score (nSPS) is 10.4. The molecule has 2 aromatic rings. The summed E-state index contributed by atoms with van der Waals surface area (Å²) in [6, 6.07) is 10.7. The molecule has 2 N–H and O–H groups in total. The summed E-state index contributed by atoms with van der Waals surface area (Å²) >= 11 is 11.8. The fourth-order valence-electron chi connectivity index (χ4n) is 2.25. The van der Waals surface area contributed by atoms with E-state index < -0.39 is 0 Å². The molecule has 0 saturated heterocycles. The Morgan fingerprint density at radius 1 is 1.00 bits per heavy atom. The van der Waals surface area contributed by atoms with E-state index in [9.17, 15) is 4.79 Å². The van der Waals surface area contributed by atoms with E-state index in [2.05, 4.69) is 10.6 Å². The maximum atomic E-state index is 11.9. The van der Waals surface area contributed by atoms with Crippen LogP contribution in [0.4, 0.5) is 5.69 Å². The quantitative estimate of drug-likeness (QED) is 0.682. The molecule has 0 unspecified atom stereocenters. The molecule has 2 rings (SSSR count). The van der Waals surface area contributed by atoms with Gasteiger partial charge in [-0.3, -0.25) is 4.79 Å². The van der Waals surface area contributed by atoms with Crippen molar-refractivity contribution in [3.63, 3.8) is 0 Å². The molecule has 0 spiro atoms. The highest BCUT2D eigenvalue weighted by molar-refractivity contribution is 6.42. The van der Waals surface area contributed by atoms with Gasteiger partial charge in [-0.05, 0) is 48.9 Å². The van der Waals surface area contributed by atoms with Gasteiger partial charge in [0, 0.05) is 5.69 Å².